The molecule has 0 aromatic heterocycles. The standard InChI is InChI=1S/C11H11BrO4/c1-15-8-5-3-7(4-6-8)9(12)10(13)11(14)16-2/h3-6,9H,1-2H3. The Morgan fingerprint density at radius 3 is 2.19 bits per heavy atom. The molecule has 1 unspecified atom stereocenters. The molecule has 0 amide bonds. The molecule has 0 radical (unpaired) electrons. The zero-order valence-electron chi connectivity index (χ0n) is 8.90. The number of carbonyl (C=O) groups is 2. The van der Waals surface area contributed by atoms with Crippen LogP contribution in [0, 0.1) is 0 Å². The van der Waals surface area contributed by atoms with Crippen molar-refractivity contribution in [2.45, 2.75) is 4.83 Å². The summed E-state index contributed by atoms with van der Waals surface area (Å²) >= 11 is 3.15. The van der Waals surface area contributed by atoms with Gasteiger partial charge in [0.15, 0.2) is 0 Å². The van der Waals surface area contributed by atoms with E-state index in [0.717, 1.165) is 0 Å². The van der Waals surface area contributed by atoms with Gasteiger partial charge >= 0.3 is 5.97 Å². The summed E-state index contributed by atoms with van der Waals surface area (Å²) in [4.78, 5) is 21.8. The number of ketones is 1. The van der Waals surface area contributed by atoms with Crippen molar-refractivity contribution in [3.05, 3.63) is 29.8 Å². The molecule has 5 heteroatoms. The largest absolute Gasteiger partial charge is 0.497 e. The highest BCUT2D eigenvalue weighted by Crippen LogP contribution is 2.25. The van der Waals surface area contributed by atoms with Crippen molar-refractivity contribution in [1.82, 2.24) is 0 Å². The highest BCUT2D eigenvalue weighted by molar-refractivity contribution is 9.09. The maximum atomic E-state index is 11.5. The molecule has 16 heavy (non-hydrogen) atoms. The summed E-state index contributed by atoms with van der Waals surface area (Å²) in [7, 11) is 2.73. The predicted molar refractivity (Wildman–Crippen MR) is 61.7 cm³/mol. The van der Waals surface area contributed by atoms with Crippen LogP contribution in [0.25, 0.3) is 0 Å². The van der Waals surface area contributed by atoms with Crippen LogP contribution in [-0.2, 0) is 14.3 Å². The van der Waals surface area contributed by atoms with E-state index in [9.17, 15) is 9.59 Å². The van der Waals surface area contributed by atoms with Gasteiger partial charge in [-0.05, 0) is 17.7 Å². The molecule has 0 spiro atoms. The van der Waals surface area contributed by atoms with E-state index in [1.54, 1.807) is 31.4 Å². The Kier molecular flexibility index (Phi) is 4.49. The van der Waals surface area contributed by atoms with Crippen molar-refractivity contribution in [3.63, 3.8) is 0 Å². The molecule has 86 valence electrons. The molecule has 0 aliphatic carbocycles. The zero-order chi connectivity index (χ0) is 12.1. The Hall–Kier alpha value is -1.36. The van der Waals surface area contributed by atoms with Crippen LogP contribution < -0.4 is 4.74 Å². The van der Waals surface area contributed by atoms with Crippen LogP contribution in [0.3, 0.4) is 0 Å². The lowest BCUT2D eigenvalue weighted by atomic mass is 10.1. The lowest BCUT2D eigenvalue weighted by Gasteiger charge is -2.08. The van der Waals surface area contributed by atoms with Gasteiger partial charge in [-0.1, -0.05) is 28.1 Å². The van der Waals surface area contributed by atoms with Gasteiger partial charge in [-0.2, -0.15) is 0 Å². The van der Waals surface area contributed by atoms with Crippen LogP contribution in [0.5, 0.6) is 5.75 Å². The SMILES string of the molecule is COC(=O)C(=O)C(Br)c1ccc(OC)cc1. The molecule has 1 aromatic rings. The fourth-order valence-electron chi connectivity index (χ4n) is 1.13. The molecule has 0 bridgehead atoms. The molecule has 0 saturated carbocycles. The third kappa shape index (κ3) is 2.82. The second-order valence-electron chi connectivity index (χ2n) is 2.99. The van der Waals surface area contributed by atoms with Crippen molar-refractivity contribution in [3.8, 4) is 5.75 Å². The fourth-order valence-corrected chi connectivity index (χ4v) is 1.62. The van der Waals surface area contributed by atoms with E-state index in [2.05, 4.69) is 20.7 Å². The maximum Gasteiger partial charge on any atom is 0.375 e. The average molecular weight is 287 g/mol. The quantitative estimate of drug-likeness (QED) is 0.482. The van der Waals surface area contributed by atoms with Crippen molar-refractivity contribution < 1.29 is 19.1 Å². The first-order chi connectivity index (χ1) is 7.60. The number of benzene rings is 1. The van der Waals surface area contributed by atoms with E-state index >= 15 is 0 Å². The Morgan fingerprint density at radius 2 is 1.75 bits per heavy atom. The number of esters is 1. The smallest absolute Gasteiger partial charge is 0.375 e. The monoisotopic (exact) mass is 286 g/mol. The molecule has 1 atom stereocenters. The van der Waals surface area contributed by atoms with Crippen molar-refractivity contribution in [2.24, 2.45) is 0 Å². The van der Waals surface area contributed by atoms with Crippen LogP contribution >= 0.6 is 15.9 Å². The van der Waals surface area contributed by atoms with Crippen molar-refractivity contribution >= 4 is 27.7 Å². The molecule has 0 aliphatic rings. The van der Waals surface area contributed by atoms with Gasteiger partial charge in [0.1, 0.15) is 10.6 Å². The maximum absolute atomic E-state index is 11.5. The molecular formula is C11H11BrO4. The summed E-state index contributed by atoms with van der Waals surface area (Å²) in [6.07, 6.45) is 0. The first-order valence-electron chi connectivity index (χ1n) is 4.50. The Labute approximate surface area is 102 Å². The first-order valence-corrected chi connectivity index (χ1v) is 5.42. The van der Waals surface area contributed by atoms with E-state index in [1.165, 1.54) is 7.11 Å². The number of carbonyl (C=O) groups excluding carboxylic acids is 2. The van der Waals surface area contributed by atoms with Crippen LogP contribution in [0.4, 0.5) is 0 Å². The predicted octanol–water partition coefficient (Wildman–Crippen LogP) is 1.87. The minimum absolute atomic E-state index is 0.632. The van der Waals surface area contributed by atoms with E-state index in [1.807, 2.05) is 0 Å². The van der Waals surface area contributed by atoms with E-state index in [0.29, 0.717) is 11.3 Å². The van der Waals surface area contributed by atoms with Gasteiger partial charge in [-0.25, -0.2) is 4.79 Å². The van der Waals surface area contributed by atoms with Crippen molar-refractivity contribution in [2.75, 3.05) is 14.2 Å². The fraction of sp³-hybridized carbons (Fsp3) is 0.273. The second kappa shape index (κ2) is 5.65. The van der Waals surface area contributed by atoms with Gasteiger partial charge in [0, 0.05) is 0 Å². The lowest BCUT2D eigenvalue weighted by Crippen LogP contribution is -2.19. The average Bonchev–Trinajstić information content (AvgIpc) is 2.36. The molecule has 1 rings (SSSR count). The van der Waals surface area contributed by atoms with Gasteiger partial charge in [-0.3, -0.25) is 4.79 Å². The number of hydrogen-bond donors (Lipinski definition) is 0. The first kappa shape index (κ1) is 12.7. The number of rotatable bonds is 4. The van der Waals surface area contributed by atoms with Crippen LogP contribution in [-0.4, -0.2) is 26.0 Å². The number of halogens is 1. The number of hydrogen-bond acceptors (Lipinski definition) is 4. The minimum atomic E-state index is -0.863. The van der Waals surface area contributed by atoms with Crippen LogP contribution in [0.2, 0.25) is 0 Å². The molecule has 0 heterocycles. The summed E-state index contributed by atoms with van der Waals surface area (Å²) in [5, 5.41) is 0. The summed E-state index contributed by atoms with van der Waals surface area (Å²) < 4.78 is 9.34. The van der Waals surface area contributed by atoms with E-state index < -0.39 is 16.6 Å². The highest BCUT2D eigenvalue weighted by Gasteiger charge is 2.24. The van der Waals surface area contributed by atoms with Gasteiger partial charge in [0.05, 0.1) is 14.2 Å². The molecule has 0 saturated heterocycles. The van der Waals surface area contributed by atoms with Gasteiger partial charge < -0.3 is 9.47 Å². The number of alkyl halides is 1. The zero-order valence-corrected chi connectivity index (χ0v) is 10.5. The minimum Gasteiger partial charge on any atom is -0.497 e. The molecule has 1 aromatic carbocycles. The normalized spacial score (nSPS) is 11.7. The molecule has 0 fully saturated rings. The number of methoxy groups -OCH3 is 2. The van der Waals surface area contributed by atoms with Crippen molar-refractivity contribution in [1.29, 1.82) is 0 Å². The van der Waals surface area contributed by atoms with E-state index in [-0.39, 0.29) is 0 Å². The van der Waals surface area contributed by atoms with Gasteiger partial charge in [-0.15, -0.1) is 0 Å². The topological polar surface area (TPSA) is 52.6 Å². The number of ether oxygens (including phenoxy) is 2. The van der Waals surface area contributed by atoms with Gasteiger partial charge in [0.2, 0.25) is 0 Å². The van der Waals surface area contributed by atoms with Crippen LogP contribution in [0.1, 0.15) is 10.4 Å². The highest BCUT2D eigenvalue weighted by atomic mass is 79.9. The molecule has 0 aliphatic heterocycles. The Morgan fingerprint density at radius 1 is 1.19 bits per heavy atom. The van der Waals surface area contributed by atoms with Crippen LogP contribution in [0.15, 0.2) is 24.3 Å². The summed E-state index contributed by atoms with van der Waals surface area (Å²) in [6, 6.07) is 6.85. The number of Topliss-reactive ketones (excluding diaryl/α,β-unsaturated/α-hetero) is 1. The lowest BCUT2D eigenvalue weighted by molar-refractivity contribution is -0.151. The molecule has 0 N–H and O–H groups in total. The molecular weight excluding hydrogens is 276 g/mol. The summed E-state index contributed by atoms with van der Waals surface area (Å²) in [6.45, 7) is 0. The van der Waals surface area contributed by atoms with E-state index in [4.69, 9.17) is 4.74 Å². The Balaban J connectivity index is 2.83. The summed E-state index contributed by atoms with van der Waals surface area (Å²) in [5.74, 6) is -0.806. The summed E-state index contributed by atoms with van der Waals surface area (Å²) in [5.41, 5.74) is 0.677. The second-order valence-corrected chi connectivity index (χ2v) is 3.91. The van der Waals surface area contributed by atoms with Gasteiger partial charge in [0.25, 0.3) is 5.78 Å². The third-order valence-electron chi connectivity index (χ3n) is 2.03. The molecule has 4 nitrogen and oxygen atoms in total. The Bertz CT molecular complexity index is 385. The third-order valence-corrected chi connectivity index (χ3v) is 2.97.